The van der Waals surface area contributed by atoms with Crippen molar-refractivity contribution in [2.45, 2.75) is 33.1 Å². The van der Waals surface area contributed by atoms with Crippen molar-refractivity contribution in [3.8, 4) is 0 Å². The van der Waals surface area contributed by atoms with Crippen molar-refractivity contribution in [3.05, 3.63) is 0 Å². The standard InChI is InChI=1S/C11H22N2O3/c1-4-6-8-12(3)11(16)13(5-2)9-7-10(14)15/h4-9H2,1-3H3,(H,14,15). The molecule has 5 heteroatoms. The monoisotopic (exact) mass is 230 g/mol. The molecule has 1 N–H and O–H groups in total. The Labute approximate surface area is 97.0 Å². The molecule has 0 aromatic carbocycles. The van der Waals surface area contributed by atoms with E-state index in [1.54, 1.807) is 16.8 Å². The first kappa shape index (κ1) is 14.7. The summed E-state index contributed by atoms with van der Waals surface area (Å²) in [5, 5.41) is 8.57. The molecule has 0 aliphatic carbocycles. The predicted molar refractivity (Wildman–Crippen MR) is 62.4 cm³/mol. The average molecular weight is 230 g/mol. The summed E-state index contributed by atoms with van der Waals surface area (Å²) >= 11 is 0. The highest BCUT2D eigenvalue weighted by Crippen LogP contribution is 2.00. The average Bonchev–Trinajstić information content (AvgIpc) is 2.25. The lowest BCUT2D eigenvalue weighted by atomic mass is 10.3. The first-order valence-electron chi connectivity index (χ1n) is 5.74. The van der Waals surface area contributed by atoms with Crippen LogP contribution in [0, 0.1) is 0 Å². The number of rotatable bonds is 7. The highest BCUT2D eigenvalue weighted by atomic mass is 16.4. The smallest absolute Gasteiger partial charge is 0.319 e. The Morgan fingerprint density at radius 2 is 1.81 bits per heavy atom. The van der Waals surface area contributed by atoms with E-state index in [4.69, 9.17) is 5.11 Å². The van der Waals surface area contributed by atoms with Gasteiger partial charge >= 0.3 is 12.0 Å². The lowest BCUT2D eigenvalue weighted by Crippen LogP contribution is -2.42. The van der Waals surface area contributed by atoms with E-state index in [0.717, 1.165) is 19.4 Å². The second kappa shape index (κ2) is 7.96. The molecule has 0 heterocycles. The Hall–Kier alpha value is -1.26. The molecule has 2 amide bonds. The molecule has 0 bridgehead atoms. The summed E-state index contributed by atoms with van der Waals surface area (Å²) in [5.41, 5.74) is 0. The second-order valence-electron chi connectivity index (χ2n) is 3.78. The Morgan fingerprint density at radius 3 is 2.25 bits per heavy atom. The number of carbonyl (C=O) groups excluding carboxylic acids is 1. The van der Waals surface area contributed by atoms with Gasteiger partial charge in [-0.05, 0) is 13.3 Å². The largest absolute Gasteiger partial charge is 0.481 e. The van der Waals surface area contributed by atoms with E-state index in [2.05, 4.69) is 6.92 Å². The minimum atomic E-state index is -0.873. The van der Waals surface area contributed by atoms with Gasteiger partial charge in [0.05, 0.1) is 6.42 Å². The summed E-state index contributed by atoms with van der Waals surface area (Å²) in [6, 6.07) is -0.0859. The van der Waals surface area contributed by atoms with Crippen LogP contribution in [0.2, 0.25) is 0 Å². The number of hydrogen-bond acceptors (Lipinski definition) is 2. The fourth-order valence-electron chi connectivity index (χ4n) is 1.35. The molecule has 0 rings (SSSR count). The number of carboxylic acid groups (broad SMARTS) is 1. The molecule has 0 radical (unpaired) electrons. The summed E-state index contributed by atoms with van der Waals surface area (Å²) in [6.07, 6.45) is 2.01. The van der Waals surface area contributed by atoms with E-state index in [1.807, 2.05) is 6.92 Å². The number of urea groups is 1. The zero-order valence-electron chi connectivity index (χ0n) is 10.4. The van der Waals surface area contributed by atoms with Crippen molar-refractivity contribution in [3.63, 3.8) is 0 Å². The van der Waals surface area contributed by atoms with Crippen LogP contribution in [0.15, 0.2) is 0 Å². The fourth-order valence-corrected chi connectivity index (χ4v) is 1.35. The van der Waals surface area contributed by atoms with Gasteiger partial charge in [-0.15, -0.1) is 0 Å². The van der Waals surface area contributed by atoms with E-state index >= 15 is 0 Å². The third-order valence-corrected chi connectivity index (χ3v) is 2.42. The number of aliphatic carboxylic acids is 1. The number of amides is 2. The number of carboxylic acids is 1. The van der Waals surface area contributed by atoms with Gasteiger partial charge in [0.25, 0.3) is 0 Å². The van der Waals surface area contributed by atoms with Crippen LogP contribution in [0.5, 0.6) is 0 Å². The molecule has 0 atom stereocenters. The summed E-state index contributed by atoms with van der Waals surface area (Å²) in [7, 11) is 1.75. The molecule has 5 nitrogen and oxygen atoms in total. The van der Waals surface area contributed by atoms with Crippen molar-refractivity contribution < 1.29 is 14.7 Å². The maximum atomic E-state index is 11.9. The molecule has 94 valence electrons. The van der Waals surface area contributed by atoms with Gasteiger partial charge in [0.15, 0.2) is 0 Å². The zero-order chi connectivity index (χ0) is 12.6. The molecule has 0 saturated heterocycles. The number of hydrogen-bond donors (Lipinski definition) is 1. The minimum absolute atomic E-state index is 0.00119. The first-order chi connectivity index (χ1) is 7.52. The number of unbranched alkanes of at least 4 members (excludes halogenated alkanes) is 1. The van der Waals surface area contributed by atoms with Crippen LogP contribution >= 0.6 is 0 Å². The van der Waals surface area contributed by atoms with Crippen LogP contribution < -0.4 is 0 Å². The van der Waals surface area contributed by atoms with Gasteiger partial charge in [-0.25, -0.2) is 4.79 Å². The summed E-state index contributed by atoms with van der Waals surface area (Å²) in [4.78, 5) is 25.5. The highest BCUT2D eigenvalue weighted by molar-refractivity contribution is 5.75. The van der Waals surface area contributed by atoms with E-state index in [0.29, 0.717) is 6.54 Å². The van der Waals surface area contributed by atoms with E-state index < -0.39 is 5.97 Å². The van der Waals surface area contributed by atoms with Gasteiger partial charge in [-0.2, -0.15) is 0 Å². The first-order valence-corrected chi connectivity index (χ1v) is 5.74. The quantitative estimate of drug-likeness (QED) is 0.723. The van der Waals surface area contributed by atoms with Crippen molar-refractivity contribution in [2.24, 2.45) is 0 Å². The Kier molecular flexibility index (Phi) is 7.33. The number of nitrogens with zero attached hydrogens (tertiary/aromatic N) is 2. The van der Waals surface area contributed by atoms with E-state index in [1.165, 1.54) is 0 Å². The van der Waals surface area contributed by atoms with Crippen LogP contribution in [-0.2, 0) is 4.79 Å². The molecule has 0 unspecified atom stereocenters. The van der Waals surface area contributed by atoms with Crippen molar-refractivity contribution >= 4 is 12.0 Å². The minimum Gasteiger partial charge on any atom is -0.481 e. The predicted octanol–water partition coefficient (Wildman–Crippen LogP) is 1.63. The van der Waals surface area contributed by atoms with Gasteiger partial charge in [-0.1, -0.05) is 13.3 Å². The third-order valence-electron chi connectivity index (χ3n) is 2.42. The van der Waals surface area contributed by atoms with Crippen LogP contribution in [0.3, 0.4) is 0 Å². The Morgan fingerprint density at radius 1 is 1.19 bits per heavy atom. The second-order valence-corrected chi connectivity index (χ2v) is 3.78. The lowest BCUT2D eigenvalue weighted by molar-refractivity contribution is -0.137. The van der Waals surface area contributed by atoms with Gasteiger partial charge in [0.2, 0.25) is 0 Å². The normalized spacial score (nSPS) is 9.94. The zero-order valence-corrected chi connectivity index (χ0v) is 10.4. The van der Waals surface area contributed by atoms with E-state index in [9.17, 15) is 9.59 Å². The molecule has 0 saturated carbocycles. The molecule has 0 fully saturated rings. The number of carbonyl (C=O) groups is 2. The van der Waals surface area contributed by atoms with Crippen LogP contribution in [0.1, 0.15) is 33.1 Å². The summed E-state index contributed by atoms with van der Waals surface area (Å²) in [5.74, 6) is -0.873. The van der Waals surface area contributed by atoms with Gasteiger partial charge in [-0.3, -0.25) is 4.79 Å². The maximum Gasteiger partial charge on any atom is 0.319 e. The Bertz CT molecular complexity index is 231. The molecule has 16 heavy (non-hydrogen) atoms. The fraction of sp³-hybridized carbons (Fsp3) is 0.818. The van der Waals surface area contributed by atoms with Gasteiger partial charge in [0, 0.05) is 26.7 Å². The van der Waals surface area contributed by atoms with Gasteiger partial charge in [0.1, 0.15) is 0 Å². The molecule has 0 spiro atoms. The van der Waals surface area contributed by atoms with Crippen LogP contribution in [0.4, 0.5) is 4.79 Å². The summed E-state index contributed by atoms with van der Waals surface area (Å²) in [6.45, 7) is 5.47. The van der Waals surface area contributed by atoms with Crippen molar-refractivity contribution in [2.75, 3.05) is 26.7 Å². The van der Waals surface area contributed by atoms with Crippen molar-refractivity contribution in [1.29, 1.82) is 0 Å². The van der Waals surface area contributed by atoms with Crippen LogP contribution in [-0.4, -0.2) is 53.6 Å². The Balaban J connectivity index is 4.12. The van der Waals surface area contributed by atoms with Gasteiger partial charge < -0.3 is 14.9 Å². The SMILES string of the molecule is CCCCN(C)C(=O)N(CC)CCC(=O)O. The van der Waals surface area contributed by atoms with Crippen molar-refractivity contribution in [1.82, 2.24) is 9.80 Å². The molecular weight excluding hydrogens is 208 g/mol. The summed E-state index contributed by atoms with van der Waals surface area (Å²) < 4.78 is 0. The molecular formula is C11H22N2O3. The molecule has 0 aromatic heterocycles. The highest BCUT2D eigenvalue weighted by Gasteiger charge is 2.16. The maximum absolute atomic E-state index is 11.9. The third kappa shape index (κ3) is 5.58. The van der Waals surface area contributed by atoms with Crippen LogP contribution in [0.25, 0.3) is 0 Å². The molecule has 0 aliphatic heterocycles. The topological polar surface area (TPSA) is 60.9 Å². The lowest BCUT2D eigenvalue weighted by Gasteiger charge is -2.26. The molecule has 0 aliphatic rings. The molecule has 0 aromatic rings. The van der Waals surface area contributed by atoms with E-state index in [-0.39, 0.29) is 19.0 Å².